The van der Waals surface area contributed by atoms with Crippen LogP contribution in [0.1, 0.15) is 11.5 Å². The van der Waals surface area contributed by atoms with Crippen LogP contribution in [0.25, 0.3) is 0 Å². The number of carbonyl (C=O) groups is 1. The normalized spacial score (nSPS) is 21.6. The molecule has 34 heavy (non-hydrogen) atoms. The number of halogens is 3. The molecular weight excluding hydrogens is 521 g/mol. The van der Waals surface area contributed by atoms with E-state index >= 15 is 0 Å². The zero-order valence-electron chi connectivity index (χ0n) is 18.7. The second kappa shape index (κ2) is 10.5. The van der Waals surface area contributed by atoms with Crippen molar-refractivity contribution >= 4 is 50.9 Å². The zero-order chi connectivity index (χ0) is 24.5. The maximum Gasteiger partial charge on any atom is 0.320 e. The molecule has 0 spiro atoms. The molecule has 2 fully saturated rings. The van der Waals surface area contributed by atoms with Crippen LogP contribution in [0.2, 0.25) is 15.1 Å². The molecule has 4 rings (SSSR count). The van der Waals surface area contributed by atoms with Crippen molar-refractivity contribution in [1.29, 1.82) is 0 Å². The minimum Gasteiger partial charge on any atom is -0.493 e. The Labute approximate surface area is 215 Å². The average molecular weight is 547 g/mol. The first kappa shape index (κ1) is 25.4. The number of benzene rings is 2. The van der Waals surface area contributed by atoms with Crippen LogP contribution in [0.3, 0.4) is 0 Å². The Kier molecular flexibility index (Phi) is 7.84. The Bertz CT molecular complexity index is 1140. The molecule has 0 bridgehead atoms. The lowest BCUT2D eigenvalue weighted by atomic mass is 9.89. The van der Waals surface area contributed by atoms with Gasteiger partial charge in [0.25, 0.3) is 0 Å². The van der Waals surface area contributed by atoms with Crippen molar-refractivity contribution in [2.75, 3.05) is 52.1 Å². The average Bonchev–Trinajstić information content (AvgIpc) is 3.24. The summed E-state index contributed by atoms with van der Waals surface area (Å²) in [5.74, 6) is 0.761. The molecule has 0 unspecified atom stereocenters. The lowest BCUT2D eigenvalue weighted by molar-refractivity contribution is 0.139. The van der Waals surface area contributed by atoms with Gasteiger partial charge in [-0.25, -0.2) is 13.2 Å². The standard InChI is InChI=1S/C23H26Cl3N3O4S/c1-34(31,32)29-10-8-27(9-11-29)23(30)28-13-17(15-33-19-5-3-18(24)4-6-19)20(14-28)16-2-7-21(25)22(26)12-16/h2-7,12,17,20H,8-11,13-15H2,1H3/t17-,20-/m0/s1. The maximum absolute atomic E-state index is 13.3. The van der Waals surface area contributed by atoms with Gasteiger partial charge in [0, 0.05) is 56.1 Å². The van der Waals surface area contributed by atoms with Gasteiger partial charge in [-0.05, 0) is 42.0 Å². The van der Waals surface area contributed by atoms with Crippen LogP contribution in [0.4, 0.5) is 4.79 Å². The number of carbonyl (C=O) groups excluding carboxylic acids is 1. The molecular formula is C23H26Cl3N3O4S. The summed E-state index contributed by atoms with van der Waals surface area (Å²) in [6.07, 6.45) is 1.19. The zero-order valence-corrected chi connectivity index (χ0v) is 21.7. The number of nitrogens with zero attached hydrogens (tertiary/aromatic N) is 3. The lowest BCUT2D eigenvalue weighted by Crippen LogP contribution is -2.53. The van der Waals surface area contributed by atoms with E-state index in [0.717, 1.165) is 5.56 Å². The van der Waals surface area contributed by atoms with Gasteiger partial charge in [0.1, 0.15) is 5.75 Å². The van der Waals surface area contributed by atoms with Crippen molar-refractivity contribution < 1.29 is 17.9 Å². The number of rotatable bonds is 5. The first-order valence-electron chi connectivity index (χ1n) is 10.9. The molecule has 184 valence electrons. The Morgan fingerprint density at radius 2 is 1.62 bits per heavy atom. The number of amides is 2. The first-order valence-corrected chi connectivity index (χ1v) is 13.9. The van der Waals surface area contributed by atoms with Gasteiger partial charge in [-0.15, -0.1) is 0 Å². The highest BCUT2D eigenvalue weighted by Gasteiger charge is 2.39. The van der Waals surface area contributed by atoms with Crippen LogP contribution >= 0.6 is 34.8 Å². The van der Waals surface area contributed by atoms with Gasteiger partial charge < -0.3 is 14.5 Å². The lowest BCUT2D eigenvalue weighted by Gasteiger charge is -2.35. The second-order valence-electron chi connectivity index (χ2n) is 8.64. The number of sulfonamides is 1. The maximum atomic E-state index is 13.3. The number of hydrogen-bond acceptors (Lipinski definition) is 4. The minimum absolute atomic E-state index is 0.0170. The summed E-state index contributed by atoms with van der Waals surface area (Å²) in [6, 6.07) is 12.6. The fourth-order valence-corrected chi connectivity index (χ4v) is 5.72. The largest absolute Gasteiger partial charge is 0.493 e. The van der Waals surface area contributed by atoms with Gasteiger partial charge >= 0.3 is 6.03 Å². The predicted octanol–water partition coefficient (Wildman–Crippen LogP) is 4.44. The van der Waals surface area contributed by atoms with Crippen LogP contribution in [-0.4, -0.2) is 80.7 Å². The van der Waals surface area contributed by atoms with Crippen molar-refractivity contribution in [1.82, 2.24) is 14.1 Å². The highest BCUT2D eigenvalue weighted by atomic mass is 35.5. The molecule has 7 nitrogen and oxygen atoms in total. The summed E-state index contributed by atoms with van der Waals surface area (Å²) in [6.45, 7) is 2.78. The second-order valence-corrected chi connectivity index (χ2v) is 11.9. The SMILES string of the molecule is CS(=O)(=O)N1CCN(C(=O)N2C[C@@H](COc3ccc(Cl)cc3)[C@H](c3ccc(Cl)c(Cl)c3)C2)CC1. The first-order chi connectivity index (χ1) is 16.1. The van der Waals surface area contributed by atoms with Crippen molar-refractivity contribution in [3.63, 3.8) is 0 Å². The van der Waals surface area contributed by atoms with E-state index in [1.807, 2.05) is 29.2 Å². The van der Waals surface area contributed by atoms with Gasteiger partial charge in [-0.1, -0.05) is 40.9 Å². The Hall–Kier alpha value is -1.71. The molecule has 2 atom stereocenters. The minimum atomic E-state index is -3.26. The van der Waals surface area contributed by atoms with E-state index in [0.29, 0.717) is 66.7 Å². The summed E-state index contributed by atoms with van der Waals surface area (Å²) >= 11 is 18.4. The third kappa shape index (κ3) is 5.91. The van der Waals surface area contributed by atoms with Crippen LogP contribution < -0.4 is 4.74 Å². The third-order valence-electron chi connectivity index (χ3n) is 6.34. The smallest absolute Gasteiger partial charge is 0.320 e. The van der Waals surface area contributed by atoms with Gasteiger partial charge in [0.15, 0.2) is 0 Å². The number of urea groups is 1. The molecule has 0 N–H and O–H groups in total. The molecule has 0 aromatic heterocycles. The molecule has 2 aliphatic rings. The summed E-state index contributed by atoms with van der Waals surface area (Å²) in [4.78, 5) is 16.8. The summed E-state index contributed by atoms with van der Waals surface area (Å²) in [5, 5.41) is 1.59. The van der Waals surface area contributed by atoms with Crippen molar-refractivity contribution in [3.05, 3.63) is 63.1 Å². The molecule has 2 saturated heterocycles. The van der Waals surface area contributed by atoms with Crippen LogP contribution in [-0.2, 0) is 10.0 Å². The highest BCUT2D eigenvalue weighted by molar-refractivity contribution is 7.88. The Morgan fingerprint density at radius 3 is 2.24 bits per heavy atom. The molecule has 0 radical (unpaired) electrons. The fraction of sp³-hybridized carbons (Fsp3) is 0.435. The van der Waals surface area contributed by atoms with E-state index in [1.54, 1.807) is 23.1 Å². The van der Waals surface area contributed by atoms with Crippen LogP contribution in [0, 0.1) is 5.92 Å². The van der Waals surface area contributed by atoms with Gasteiger partial charge in [-0.3, -0.25) is 0 Å². The fourth-order valence-electron chi connectivity index (χ4n) is 4.46. The molecule has 2 heterocycles. The van der Waals surface area contributed by atoms with E-state index in [-0.39, 0.29) is 17.9 Å². The van der Waals surface area contributed by atoms with E-state index in [9.17, 15) is 13.2 Å². The van der Waals surface area contributed by atoms with Gasteiger partial charge in [-0.2, -0.15) is 4.31 Å². The van der Waals surface area contributed by atoms with Crippen molar-refractivity contribution in [2.24, 2.45) is 5.92 Å². The van der Waals surface area contributed by atoms with E-state index in [4.69, 9.17) is 39.5 Å². The van der Waals surface area contributed by atoms with Gasteiger partial charge in [0.05, 0.1) is 22.9 Å². The molecule has 2 amide bonds. The number of ether oxygens (including phenoxy) is 1. The molecule has 0 saturated carbocycles. The summed E-state index contributed by atoms with van der Waals surface area (Å²) in [7, 11) is -3.26. The number of piperazine rings is 1. The summed E-state index contributed by atoms with van der Waals surface area (Å²) in [5.41, 5.74) is 0.997. The predicted molar refractivity (Wildman–Crippen MR) is 135 cm³/mol. The highest BCUT2D eigenvalue weighted by Crippen LogP contribution is 2.36. The Balaban J connectivity index is 1.48. The number of likely N-dealkylation sites (tertiary alicyclic amines) is 1. The Morgan fingerprint density at radius 1 is 0.941 bits per heavy atom. The number of hydrogen-bond donors (Lipinski definition) is 0. The topological polar surface area (TPSA) is 70.2 Å². The third-order valence-corrected chi connectivity index (χ3v) is 8.63. The quantitative estimate of drug-likeness (QED) is 0.556. The molecule has 0 aliphatic carbocycles. The van der Waals surface area contributed by atoms with E-state index in [1.165, 1.54) is 10.6 Å². The van der Waals surface area contributed by atoms with E-state index in [2.05, 4.69) is 0 Å². The molecule has 2 aromatic carbocycles. The van der Waals surface area contributed by atoms with Gasteiger partial charge in [0.2, 0.25) is 10.0 Å². The van der Waals surface area contributed by atoms with Crippen LogP contribution in [0.15, 0.2) is 42.5 Å². The molecule has 11 heteroatoms. The van der Waals surface area contributed by atoms with Crippen LogP contribution in [0.5, 0.6) is 5.75 Å². The molecule has 2 aromatic rings. The monoisotopic (exact) mass is 545 g/mol. The van der Waals surface area contributed by atoms with Crippen molar-refractivity contribution in [3.8, 4) is 5.75 Å². The molecule has 2 aliphatic heterocycles. The van der Waals surface area contributed by atoms with Crippen molar-refractivity contribution in [2.45, 2.75) is 5.92 Å². The van der Waals surface area contributed by atoms with E-state index < -0.39 is 10.0 Å². The summed E-state index contributed by atoms with van der Waals surface area (Å²) < 4.78 is 31.0.